The Balaban J connectivity index is 2.02. The zero-order valence-corrected chi connectivity index (χ0v) is 10.9. The summed E-state index contributed by atoms with van der Waals surface area (Å²) in [6.45, 7) is 1.73. The first-order valence-corrected chi connectivity index (χ1v) is 6.74. The van der Waals surface area contributed by atoms with Gasteiger partial charge in [0, 0.05) is 18.1 Å². The quantitative estimate of drug-likeness (QED) is 0.745. The maximum absolute atomic E-state index is 4.57. The fraction of sp³-hybridized carbons (Fsp3) is 0.125. The van der Waals surface area contributed by atoms with Gasteiger partial charge in [-0.2, -0.15) is 0 Å². The third kappa shape index (κ3) is 1.69. The number of aromatic amines is 1. The van der Waals surface area contributed by atoms with Crippen molar-refractivity contribution in [1.82, 2.24) is 15.3 Å². The highest BCUT2D eigenvalue weighted by Gasteiger charge is 2.19. The van der Waals surface area contributed by atoms with E-state index in [-0.39, 0.29) is 0 Å². The highest BCUT2D eigenvalue weighted by atomic mass is 15.1. The Labute approximate surface area is 116 Å². The molecule has 0 saturated heterocycles. The summed E-state index contributed by atoms with van der Waals surface area (Å²) in [6, 6.07) is 14.4. The van der Waals surface area contributed by atoms with Crippen LogP contribution in [-0.4, -0.2) is 28.9 Å². The number of hydrogen-bond donors (Lipinski definition) is 2. The standard InChI is InChI=1S/C16H14N4/c1-2-5-11(6-3-1)14-13(16-18-9-10-19-16)12-7-4-8-17-15(12)20-14/h1-8H,9-10H2,(H,17,20)(H,18,19). The molecule has 0 radical (unpaired) electrons. The van der Waals surface area contributed by atoms with Crippen molar-refractivity contribution in [1.29, 1.82) is 0 Å². The molecular formula is C16H14N4. The van der Waals surface area contributed by atoms with Crippen LogP contribution in [0.4, 0.5) is 0 Å². The van der Waals surface area contributed by atoms with Gasteiger partial charge in [0.1, 0.15) is 11.5 Å². The predicted molar refractivity (Wildman–Crippen MR) is 80.9 cm³/mol. The fourth-order valence-corrected chi connectivity index (χ4v) is 2.65. The number of pyridine rings is 1. The van der Waals surface area contributed by atoms with Gasteiger partial charge in [0.15, 0.2) is 0 Å². The molecule has 20 heavy (non-hydrogen) atoms. The van der Waals surface area contributed by atoms with Crippen LogP contribution >= 0.6 is 0 Å². The number of hydrogen-bond acceptors (Lipinski definition) is 3. The summed E-state index contributed by atoms with van der Waals surface area (Å²) >= 11 is 0. The fourth-order valence-electron chi connectivity index (χ4n) is 2.65. The second kappa shape index (κ2) is 4.49. The van der Waals surface area contributed by atoms with Gasteiger partial charge in [-0.1, -0.05) is 30.3 Å². The molecule has 4 rings (SSSR count). The van der Waals surface area contributed by atoms with Crippen LogP contribution in [-0.2, 0) is 0 Å². The lowest BCUT2D eigenvalue weighted by Gasteiger charge is -2.05. The van der Waals surface area contributed by atoms with Crippen LogP contribution in [0.2, 0.25) is 0 Å². The maximum atomic E-state index is 4.57. The van der Waals surface area contributed by atoms with Crippen LogP contribution in [0.3, 0.4) is 0 Å². The first kappa shape index (κ1) is 11.2. The Morgan fingerprint density at radius 1 is 1.00 bits per heavy atom. The lowest BCUT2D eigenvalue weighted by Crippen LogP contribution is -2.19. The van der Waals surface area contributed by atoms with Crippen molar-refractivity contribution in [3.8, 4) is 11.3 Å². The molecule has 0 amide bonds. The molecule has 1 aromatic carbocycles. The molecule has 4 nitrogen and oxygen atoms in total. The molecule has 0 unspecified atom stereocenters. The molecule has 98 valence electrons. The van der Waals surface area contributed by atoms with E-state index in [2.05, 4.69) is 38.5 Å². The molecular weight excluding hydrogens is 248 g/mol. The van der Waals surface area contributed by atoms with Gasteiger partial charge in [0.25, 0.3) is 0 Å². The summed E-state index contributed by atoms with van der Waals surface area (Å²) in [4.78, 5) is 12.4. The van der Waals surface area contributed by atoms with Gasteiger partial charge < -0.3 is 10.3 Å². The summed E-state index contributed by atoms with van der Waals surface area (Å²) in [6.07, 6.45) is 1.81. The van der Waals surface area contributed by atoms with Crippen LogP contribution in [0.15, 0.2) is 53.7 Å². The normalized spacial score (nSPS) is 14.3. The number of nitrogens with zero attached hydrogens (tertiary/aromatic N) is 2. The van der Waals surface area contributed by atoms with Gasteiger partial charge in [0.05, 0.1) is 17.8 Å². The summed E-state index contributed by atoms with van der Waals surface area (Å²) < 4.78 is 0. The van der Waals surface area contributed by atoms with E-state index in [0.717, 1.165) is 46.8 Å². The molecule has 1 aliphatic heterocycles. The maximum Gasteiger partial charge on any atom is 0.138 e. The molecule has 0 bridgehead atoms. The van der Waals surface area contributed by atoms with Crippen molar-refractivity contribution in [2.75, 3.05) is 13.1 Å². The van der Waals surface area contributed by atoms with Crippen LogP contribution < -0.4 is 5.32 Å². The number of amidine groups is 1. The van der Waals surface area contributed by atoms with E-state index < -0.39 is 0 Å². The lowest BCUT2D eigenvalue weighted by molar-refractivity contribution is 0.960. The average Bonchev–Trinajstić information content (AvgIpc) is 3.14. The number of benzene rings is 1. The zero-order chi connectivity index (χ0) is 13.4. The van der Waals surface area contributed by atoms with Gasteiger partial charge >= 0.3 is 0 Å². The molecule has 2 N–H and O–H groups in total. The van der Waals surface area contributed by atoms with Crippen LogP contribution in [0, 0.1) is 0 Å². The molecule has 0 saturated carbocycles. The van der Waals surface area contributed by atoms with E-state index in [1.165, 1.54) is 0 Å². The summed E-state index contributed by atoms with van der Waals surface area (Å²) in [5.41, 5.74) is 4.25. The SMILES string of the molecule is c1ccc(-c2[nH]c3ncccc3c2C2=NCCN2)cc1. The van der Waals surface area contributed by atoms with Gasteiger partial charge in [-0.25, -0.2) is 4.98 Å². The Bertz CT molecular complexity index is 787. The van der Waals surface area contributed by atoms with Gasteiger partial charge in [-0.05, 0) is 17.7 Å². The average molecular weight is 262 g/mol. The first-order chi connectivity index (χ1) is 9.93. The molecule has 0 fully saturated rings. The van der Waals surface area contributed by atoms with Crippen molar-refractivity contribution in [3.05, 3.63) is 54.2 Å². The summed E-state index contributed by atoms with van der Waals surface area (Å²) in [5, 5.41) is 4.47. The molecule has 1 aliphatic rings. The molecule has 2 aromatic heterocycles. The number of H-pyrrole nitrogens is 1. The van der Waals surface area contributed by atoms with E-state index in [4.69, 9.17) is 0 Å². The second-order valence-corrected chi connectivity index (χ2v) is 4.80. The van der Waals surface area contributed by atoms with E-state index >= 15 is 0 Å². The van der Waals surface area contributed by atoms with Crippen molar-refractivity contribution >= 4 is 16.9 Å². The summed E-state index contributed by atoms with van der Waals surface area (Å²) in [7, 11) is 0. The molecule has 4 heteroatoms. The Kier molecular flexibility index (Phi) is 2.52. The number of aromatic nitrogens is 2. The van der Waals surface area contributed by atoms with Crippen molar-refractivity contribution in [2.45, 2.75) is 0 Å². The molecule has 3 heterocycles. The van der Waals surface area contributed by atoms with Gasteiger partial charge in [0.2, 0.25) is 0 Å². The van der Waals surface area contributed by atoms with Crippen LogP contribution in [0.1, 0.15) is 5.56 Å². The zero-order valence-electron chi connectivity index (χ0n) is 10.9. The van der Waals surface area contributed by atoms with Crippen LogP contribution in [0.5, 0.6) is 0 Å². The van der Waals surface area contributed by atoms with Crippen molar-refractivity contribution in [2.24, 2.45) is 4.99 Å². The summed E-state index contributed by atoms with van der Waals surface area (Å²) in [5.74, 6) is 0.961. The number of fused-ring (bicyclic) bond motifs is 1. The molecule has 0 atom stereocenters. The number of rotatable bonds is 2. The first-order valence-electron chi connectivity index (χ1n) is 6.74. The largest absolute Gasteiger partial charge is 0.368 e. The Morgan fingerprint density at radius 2 is 1.90 bits per heavy atom. The minimum Gasteiger partial charge on any atom is -0.368 e. The molecule has 3 aromatic rings. The van der Waals surface area contributed by atoms with Gasteiger partial charge in [-0.15, -0.1) is 0 Å². The monoisotopic (exact) mass is 262 g/mol. The predicted octanol–water partition coefficient (Wildman–Crippen LogP) is 2.58. The third-order valence-corrected chi connectivity index (χ3v) is 3.54. The minimum atomic E-state index is 0.830. The van der Waals surface area contributed by atoms with Gasteiger partial charge in [-0.3, -0.25) is 4.99 Å². The van der Waals surface area contributed by atoms with E-state index in [0.29, 0.717) is 0 Å². The highest BCUT2D eigenvalue weighted by molar-refractivity contribution is 6.14. The Morgan fingerprint density at radius 3 is 2.70 bits per heavy atom. The molecule has 0 spiro atoms. The topological polar surface area (TPSA) is 53.1 Å². The van der Waals surface area contributed by atoms with Crippen LogP contribution in [0.25, 0.3) is 22.3 Å². The third-order valence-electron chi connectivity index (χ3n) is 3.54. The molecule has 0 aliphatic carbocycles. The Hall–Kier alpha value is -2.62. The number of nitrogens with one attached hydrogen (secondary N) is 2. The second-order valence-electron chi connectivity index (χ2n) is 4.80. The lowest BCUT2D eigenvalue weighted by atomic mass is 10.1. The smallest absolute Gasteiger partial charge is 0.138 e. The van der Waals surface area contributed by atoms with Crippen molar-refractivity contribution < 1.29 is 0 Å². The van der Waals surface area contributed by atoms with E-state index in [1.807, 2.05) is 24.3 Å². The van der Waals surface area contributed by atoms with Crippen molar-refractivity contribution in [3.63, 3.8) is 0 Å². The highest BCUT2D eigenvalue weighted by Crippen LogP contribution is 2.29. The number of aliphatic imine (C=N–C) groups is 1. The van der Waals surface area contributed by atoms with E-state index in [9.17, 15) is 0 Å². The minimum absolute atomic E-state index is 0.830. The van der Waals surface area contributed by atoms with E-state index in [1.54, 1.807) is 6.20 Å².